The standard InChI is InChI=1S/C17H26N2O3/c1-21-16-7-3-2-6-15(16)14-17(20)18-8-4-5-9-19-10-12-22-13-11-19/h2-3,6-7H,4-5,8-14H2,1H3,(H,18,20). The number of benzene rings is 1. The van der Waals surface area contributed by atoms with Crippen LogP contribution in [0.3, 0.4) is 0 Å². The van der Waals surface area contributed by atoms with Gasteiger partial charge >= 0.3 is 0 Å². The van der Waals surface area contributed by atoms with E-state index in [-0.39, 0.29) is 5.91 Å². The van der Waals surface area contributed by atoms with Crippen molar-refractivity contribution in [2.75, 3.05) is 46.5 Å². The monoisotopic (exact) mass is 306 g/mol. The number of methoxy groups -OCH3 is 1. The van der Waals surface area contributed by atoms with Gasteiger partial charge in [0.05, 0.1) is 26.7 Å². The fourth-order valence-corrected chi connectivity index (χ4v) is 2.60. The number of carbonyl (C=O) groups excluding carboxylic acids is 1. The molecular weight excluding hydrogens is 280 g/mol. The predicted octanol–water partition coefficient (Wildman–Crippen LogP) is 1.47. The highest BCUT2D eigenvalue weighted by Crippen LogP contribution is 2.17. The van der Waals surface area contributed by atoms with Crippen LogP contribution >= 0.6 is 0 Å². The molecule has 0 atom stereocenters. The Hall–Kier alpha value is -1.59. The molecule has 0 radical (unpaired) electrons. The smallest absolute Gasteiger partial charge is 0.224 e. The van der Waals surface area contributed by atoms with Gasteiger partial charge in [-0.25, -0.2) is 0 Å². The third kappa shape index (κ3) is 5.66. The van der Waals surface area contributed by atoms with Gasteiger partial charge in [0.1, 0.15) is 5.75 Å². The van der Waals surface area contributed by atoms with E-state index in [2.05, 4.69) is 10.2 Å². The maximum absolute atomic E-state index is 12.0. The molecule has 1 aromatic carbocycles. The van der Waals surface area contributed by atoms with Crippen LogP contribution in [0, 0.1) is 0 Å². The molecule has 1 saturated heterocycles. The molecule has 0 spiro atoms. The molecular formula is C17H26N2O3. The van der Waals surface area contributed by atoms with Crippen LogP contribution in [0.1, 0.15) is 18.4 Å². The number of unbranched alkanes of at least 4 members (excludes halogenated alkanes) is 1. The Morgan fingerprint density at radius 2 is 2.05 bits per heavy atom. The molecule has 1 aromatic rings. The molecule has 1 fully saturated rings. The Kier molecular flexibility index (Phi) is 7.19. The molecule has 1 amide bonds. The summed E-state index contributed by atoms with van der Waals surface area (Å²) in [7, 11) is 1.63. The Labute approximate surface area is 132 Å². The molecule has 22 heavy (non-hydrogen) atoms. The zero-order valence-corrected chi connectivity index (χ0v) is 13.3. The van der Waals surface area contributed by atoms with Crippen LogP contribution in [0.15, 0.2) is 24.3 Å². The molecule has 122 valence electrons. The van der Waals surface area contributed by atoms with Crippen LogP contribution in [0.4, 0.5) is 0 Å². The minimum absolute atomic E-state index is 0.0517. The largest absolute Gasteiger partial charge is 0.496 e. The van der Waals surface area contributed by atoms with Gasteiger partial charge < -0.3 is 14.8 Å². The number of carbonyl (C=O) groups is 1. The number of hydrogen-bond acceptors (Lipinski definition) is 4. The molecule has 0 bridgehead atoms. The summed E-state index contributed by atoms with van der Waals surface area (Å²) in [4.78, 5) is 14.4. The second-order valence-electron chi connectivity index (χ2n) is 5.50. The lowest BCUT2D eigenvalue weighted by molar-refractivity contribution is -0.120. The molecule has 0 aromatic heterocycles. The first-order chi connectivity index (χ1) is 10.8. The second-order valence-corrected chi connectivity index (χ2v) is 5.50. The van der Waals surface area contributed by atoms with E-state index < -0.39 is 0 Å². The highest BCUT2D eigenvalue weighted by Gasteiger charge is 2.10. The average molecular weight is 306 g/mol. The van der Waals surface area contributed by atoms with Crippen LogP contribution in [-0.4, -0.2) is 57.3 Å². The molecule has 0 saturated carbocycles. The molecule has 1 aliphatic heterocycles. The molecule has 1 aliphatic rings. The summed E-state index contributed by atoms with van der Waals surface area (Å²) < 4.78 is 10.6. The topological polar surface area (TPSA) is 50.8 Å². The number of amides is 1. The van der Waals surface area contributed by atoms with Crippen LogP contribution in [0.2, 0.25) is 0 Å². The summed E-state index contributed by atoms with van der Waals surface area (Å²) in [5.74, 6) is 0.820. The fraction of sp³-hybridized carbons (Fsp3) is 0.588. The van der Waals surface area contributed by atoms with Gasteiger partial charge in [0.15, 0.2) is 0 Å². The van der Waals surface area contributed by atoms with E-state index in [0.717, 1.165) is 63.5 Å². The Morgan fingerprint density at radius 1 is 1.27 bits per heavy atom. The predicted molar refractivity (Wildman–Crippen MR) is 86.2 cm³/mol. The molecule has 0 unspecified atom stereocenters. The van der Waals surface area contributed by atoms with Crippen molar-refractivity contribution in [2.45, 2.75) is 19.3 Å². The first-order valence-electron chi connectivity index (χ1n) is 7.98. The van der Waals surface area contributed by atoms with Crippen LogP contribution in [0.5, 0.6) is 5.75 Å². The first-order valence-corrected chi connectivity index (χ1v) is 7.98. The minimum Gasteiger partial charge on any atom is -0.496 e. The fourth-order valence-electron chi connectivity index (χ4n) is 2.60. The van der Waals surface area contributed by atoms with E-state index in [4.69, 9.17) is 9.47 Å². The molecule has 2 rings (SSSR count). The van der Waals surface area contributed by atoms with Gasteiger partial charge in [-0.15, -0.1) is 0 Å². The third-order valence-corrected chi connectivity index (χ3v) is 3.87. The van der Waals surface area contributed by atoms with Gasteiger partial charge in [-0.2, -0.15) is 0 Å². The van der Waals surface area contributed by atoms with Crippen LogP contribution < -0.4 is 10.1 Å². The van der Waals surface area contributed by atoms with Crippen molar-refractivity contribution in [3.63, 3.8) is 0 Å². The van der Waals surface area contributed by atoms with Crippen molar-refractivity contribution in [1.29, 1.82) is 0 Å². The van der Waals surface area contributed by atoms with Crippen molar-refractivity contribution < 1.29 is 14.3 Å². The highest BCUT2D eigenvalue weighted by molar-refractivity contribution is 5.79. The molecule has 0 aliphatic carbocycles. The summed E-state index contributed by atoms with van der Waals surface area (Å²) in [6, 6.07) is 7.64. The maximum Gasteiger partial charge on any atom is 0.224 e. The Morgan fingerprint density at radius 3 is 2.82 bits per heavy atom. The Bertz CT molecular complexity index is 459. The van der Waals surface area contributed by atoms with Crippen molar-refractivity contribution in [2.24, 2.45) is 0 Å². The van der Waals surface area contributed by atoms with Crippen molar-refractivity contribution in [3.8, 4) is 5.75 Å². The average Bonchev–Trinajstić information content (AvgIpc) is 2.56. The van der Waals surface area contributed by atoms with E-state index >= 15 is 0 Å². The van der Waals surface area contributed by atoms with Crippen molar-refractivity contribution >= 4 is 5.91 Å². The number of ether oxygens (including phenoxy) is 2. The minimum atomic E-state index is 0.0517. The summed E-state index contributed by atoms with van der Waals surface area (Å²) in [6.45, 7) is 5.57. The number of nitrogens with zero attached hydrogens (tertiary/aromatic N) is 1. The third-order valence-electron chi connectivity index (χ3n) is 3.87. The molecule has 1 N–H and O–H groups in total. The van der Waals surface area contributed by atoms with Crippen molar-refractivity contribution in [1.82, 2.24) is 10.2 Å². The Balaban J connectivity index is 1.59. The number of hydrogen-bond donors (Lipinski definition) is 1. The molecule has 1 heterocycles. The van der Waals surface area contributed by atoms with Gasteiger partial charge in [0, 0.05) is 25.2 Å². The van der Waals surface area contributed by atoms with Gasteiger partial charge in [-0.3, -0.25) is 9.69 Å². The van der Waals surface area contributed by atoms with Gasteiger partial charge in [-0.05, 0) is 25.5 Å². The quantitative estimate of drug-likeness (QED) is 0.739. The van der Waals surface area contributed by atoms with E-state index in [1.165, 1.54) is 0 Å². The van der Waals surface area contributed by atoms with E-state index in [0.29, 0.717) is 6.42 Å². The van der Waals surface area contributed by atoms with Crippen LogP contribution in [0.25, 0.3) is 0 Å². The van der Waals surface area contributed by atoms with Gasteiger partial charge in [0.2, 0.25) is 5.91 Å². The molecule has 5 heteroatoms. The lowest BCUT2D eigenvalue weighted by Gasteiger charge is -2.26. The molecule has 5 nitrogen and oxygen atoms in total. The first kappa shape index (κ1) is 16.8. The lowest BCUT2D eigenvalue weighted by Crippen LogP contribution is -2.37. The second kappa shape index (κ2) is 9.43. The van der Waals surface area contributed by atoms with Gasteiger partial charge in [-0.1, -0.05) is 18.2 Å². The number of para-hydroxylation sites is 1. The summed E-state index contributed by atoms with van der Waals surface area (Å²) in [5, 5.41) is 2.98. The van der Waals surface area contributed by atoms with Crippen LogP contribution in [-0.2, 0) is 16.0 Å². The SMILES string of the molecule is COc1ccccc1CC(=O)NCCCCN1CCOCC1. The normalized spacial score (nSPS) is 15.5. The zero-order valence-electron chi connectivity index (χ0n) is 13.3. The summed E-state index contributed by atoms with van der Waals surface area (Å²) in [5.41, 5.74) is 0.927. The number of rotatable bonds is 8. The van der Waals surface area contributed by atoms with E-state index in [9.17, 15) is 4.79 Å². The van der Waals surface area contributed by atoms with E-state index in [1.807, 2.05) is 24.3 Å². The number of nitrogens with one attached hydrogen (secondary N) is 1. The van der Waals surface area contributed by atoms with E-state index in [1.54, 1.807) is 7.11 Å². The lowest BCUT2D eigenvalue weighted by atomic mass is 10.1. The highest BCUT2D eigenvalue weighted by atomic mass is 16.5. The van der Waals surface area contributed by atoms with Gasteiger partial charge in [0.25, 0.3) is 0 Å². The summed E-state index contributed by atoms with van der Waals surface area (Å²) in [6.07, 6.45) is 2.48. The van der Waals surface area contributed by atoms with Crippen molar-refractivity contribution in [3.05, 3.63) is 29.8 Å². The number of morpholine rings is 1. The summed E-state index contributed by atoms with van der Waals surface area (Å²) >= 11 is 0. The zero-order chi connectivity index (χ0) is 15.6. The maximum atomic E-state index is 12.0.